The summed E-state index contributed by atoms with van der Waals surface area (Å²) in [5.74, 6) is 2.72. The minimum atomic E-state index is -0.625. The number of methoxy groups -OCH3 is 1. The van der Waals surface area contributed by atoms with Gasteiger partial charge >= 0.3 is 12.3 Å². The Balaban J connectivity index is 1.58. The Kier molecular flexibility index (Phi) is 9.39. The van der Waals surface area contributed by atoms with E-state index in [-0.39, 0.29) is 6.10 Å². The molecule has 2 aliphatic rings. The van der Waals surface area contributed by atoms with Gasteiger partial charge < -0.3 is 18.9 Å². The highest BCUT2D eigenvalue weighted by Crippen LogP contribution is 2.35. The van der Waals surface area contributed by atoms with Crippen LogP contribution in [0.1, 0.15) is 72.1 Å². The first-order valence-corrected chi connectivity index (χ1v) is 10.9. The zero-order valence-corrected chi connectivity index (χ0v) is 18.0. The Morgan fingerprint density at radius 1 is 0.750 bits per heavy atom. The lowest BCUT2D eigenvalue weighted by atomic mass is 9.75. The smallest absolute Gasteiger partial charge is 0.438 e. The summed E-state index contributed by atoms with van der Waals surface area (Å²) in [5, 5.41) is 0. The van der Waals surface area contributed by atoms with E-state index in [2.05, 4.69) is 18.6 Å². The molecule has 6 heteroatoms. The Labute approximate surface area is 169 Å². The maximum atomic E-state index is 12.1. The lowest BCUT2D eigenvalue weighted by molar-refractivity contribution is -0.0119. The van der Waals surface area contributed by atoms with Crippen molar-refractivity contribution in [1.82, 2.24) is 0 Å². The van der Waals surface area contributed by atoms with Crippen molar-refractivity contribution in [3.8, 4) is 0 Å². The van der Waals surface area contributed by atoms with Gasteiger partial charge in [0.05, 0.1) is 20.3 Å². The lowest BCUT2D eigenvalue weighted by Crippen LogP contribution is -2.30. The SMILES string of the molecule is COC(=O)OCC1CCC(COC(=O)OC(C)C2CCC(C(C)C)CC2)CC1. The van der Waals surface area contributed by atoms with Crippen LogP contribution in [0.5, 0.6) is 0 Å². The second-order valence-corrected chi connectivity index (χ2v) is 8.95. The third kappa shape index (κ3) is 7.51. The standard InChI is InChI=1S/C22H38O6/c1-15(2)19-9-11-20(12-10-19)16(3)28-22(24)27-14-18-7-5-17(6-8-18)13-26-21(23)25-4/h15-20H,5-14H2,1-4H3. The van der Waals surface area contributed by atoms with Crippen molar-refractivity contribution in [2.45, 2.75) is 78.2 Å². The summed E-state index contributed by atoms with van der Waals surface area (Å²) < 4.78 is 20.4. The van der Waals surface area contributed by atoms with Gasteiger partial charge in [-0.3, -0.25) is 0 Å². The lowest BCUT2D eigenvalue weighted by Gasteiger charge is -2.33. The van der Waals surface area contributed by atoms with E-state index in [0.29, 0.717) is 31.0 Å². The molecule has 162 valence electrons. The highest BCUT2D eigenvalue weighted by Gasteiger charge is 2.29. The van der Waals surface area contributed by atoms with Crippen molar-refractivity contribution in [3.05, 3.63) is 0 Å². The maximum absolute atomic E-state index is 12.1. The number of hydrogen-bond acceptors (Lipinski definition) is 6. The molecule has 1 unspecified atom stereocenters. The summed E-state index contributed by atoms with van der Waals surface area (Å²) in [6.45, 7) is 7.40. The van der Waals surface area contributed by atoms with E-state index >= 15 is 0 Å². The molecule has 0 amide bonds. The predicted octanol–water partition coefficient (Wildman–Crippen LogP) is 5.58. The molecular formula is C22H38O6. The van der Waals surface area contributed by atoms with Crippen LogP contribution in [0.25, 0.3) is 0 Å². The third-order valence-electron chi connectivity index (χ3n) is 6.71. The van der Waals surface area contributed by atoms with Crippen LogP contribution in [-0.2, 0) is 18.9 Å². The molecule has 28 heavy (non-hydrogen) atoms. The quantitative estimate of drug-likeness (QED) is 0.521. The van der Waals surface area contributed by atoms with Crippen LogP contribution < -0.4 is 0 Å². The van der Waals surface area contributed by atoms with Gasteiger partial charge in [0.15, 0.2) is 0 Å². The van der Waals surface area contributed by atoms with E-state index in [9.17, 15) is 9.59 Å². The van der Waals surface area contributed by atoms with Gasteiger partial charge in [0, 0.05) is 0 Å². The van der Waals surface area contributed by atoms with E-state index < -0.39 is 12.3 Å². The Morgan fingerprint density at radius 3 is 1.68 bits per heavy atom. The summed E-state index contributed by atoms with van der Waals surface area (Å²) in [4.78, 5) is 23.1. The minimum Gasteiger partial charge on any atom is -0.438 e. The second kappa shape index (κ2) is 11.5. The summed E-state index contributed by atoms with van der Waals surface area (Å²) >= 11 is 0. The third-order valence-corrected chi connectivity index (χ3v) is 6.71. The van der Waals surface area contributed by atoms with Gasteiger partial charge in [-0.05, 0) is 87.9 Å². The zero-order chi connectivity index (χ0) is 20.5. The summed E-state index contributed by atoms with van der Waals surface area (Å²) in [6, 6.07) is 0. The molecule has 0 aliphatic heterocycles. The Hall–Kier alpha value is -1.46. The van der Waals surface area contributed by atoms with Crippen molar-refractivity contribution in [1.29, 1.82) is 0 Å². The predicted molar refractivity (Wildman–Crippen MR) is 106 cm³/mol. The van der Waals surface area contributed by atoms with Gasteiger partial charge in [0.2, 0.25) is 0 Å². The second-order valence-electron chi connectivity index (χ2n) is 8.95. The molecule has 0 radical (unpaired) electrons. The number of carbonyl (C=O) groups excluding carboxylic acids is 2. The Bertz CT molecular complexity index is 475. The molecule has 0 heterocycles. The molecule has 0 saturated heterocycles. The van der Waals surface area contributed by atoms with Crippen molar-refractivity contribution in [3.63, 3.8) is 0 Å². The maximum Gasteiger partial charge on any atom is 0.508 e. The van der Waals surface area contributed by atoms with Crippen LogP contribution in [0.15, 0.2) is 0 Å². The van der Waals surface area contributed by atoms with Gasteiger partial charge in [-0.25, -0.2) is 9.59 Å². The number of hydrogen-bond donors (Lipinski definition) is 0. The topological polar surface area (TPSA) is 71.1 Å². The molecule has 2 aliphatic carbocycles. The molecule has 2 fully saturated rings. The van der Waals surface area contributed by atoms with E-state index in [0.717, 1.165) is 50.4 Å². The molecule has 2 saturated carbocycles. The highest BCUT2D eigenvalue weighted by atomic mass is 16.7. The van der Waals surface area contributed by atoms with E-state index in [1.165, 1.54) is 20.0 Å². The molecule has 0 N–H and O–H groups in total. The van der Waals surface area contributed by atoms with Crippen LogP contribution in [0.4, 0.5) is 9.59 Å². The zero-order valence-electron chi connectivity index (χ0n) is 18.0. The van der Waals surface area contributed by atoms with Crippen molar-refractivity contribution in [2.75, 3.05) is 20.3 Å². The highest BCUT2D eigenvalue weighted by molar-refractivity contribution is 5.60. The Morgan fingerprint density at radius 2 is 1.21 bits per heavy atom. The number of carbonyl (C=O) groups is 2. The van der Waals surface area contributed by atoms with Gasteiger partial charge in [-0.15, -0.1) is 0 Å². The van der Waals surface area contributed by atoms with Crippen molar-refractivity contribution < 1.29 is 28.5 Å². The van der Waals surface area contributed by atoms with Crippen LogP contribution in [-0.4, -0.2) is 38.7 Å². The summed E-state index contributed by atoms with van der Waals surface area (Å²) in [6.07, 6.45) is 7.37. The van der Waals surface area contributed by atoms with Crippen LogP contribution in [0, 0.1) is 29.6 Å². The van der Waals surface area contributed by atoms with Crippen LogP contribution in [0.2, 0.25) is 0 Å². The molecule has 0 bridgehead atoms. The molecule has 0 spiro atoms. The van der Waals surface area contributed by atoms with Crippen LogP contribution in [0.3, 0.4) is 0 Å². The average Bonchev–Trinajstić information content (AvgIpc) is 2.71. The normalized spacial score (nSPS) is 29.0. The van der Waals surface area contributed by atoms with E-state index in [4.69, 9.17) is 14.2 Å². The number of ether oxygens (including phenoxy) is 4. The fourth-order valence-electron chi connectivity index (χ4n) is 4.56. The fraction of sp³-hybridized carbons (Fsp3) is 0.909. The van der Waals surface area contributed by atoms with Gasteiger partial charge in [-0.2, -0.15) is 0 Å². The first-order valence-electron chi connectivity index (χ1n) is 10.9. The molecule has 6 nitrogen and oxygen atoms in total. The fourth-order valence-corrected chi connectivity index (χ4v) is 4.56. The summed E-state index contributed by atoms with van der Waals surface area (Å²) in [7, 11) is 1.31. The minimum absolute atomic E-state index is 0.0770. The van der Waals surface area contributed by atoms with Gasteiger partial charge in [-0.1, -0.05) is 13.8 Å². The van der Waals surface area contributed by atoms with E-state index in [1.54, 1.807) is 0 Å². The molecular weight excluding hydrogens is 360 g/mol. The average molecular weight is 399 g/mol. The summed E-state index contributed by atoms with van der Waals surface area (Å²) in [5.41, 5.74) is 0. The van der Waals surface area contributed by atoms with Gasteiger partial charge in [0.1, 0.15) is 6.10 Å². The molecule has 0 aromatic carbocycles. The molecule has 0 aromatic rings. The largest absolute Gasteiger partial charge is 0.508 e. The van der Waals surface area contributed by atoms with Crippen molar-refractivity contribution in [2.24, 2.45) is 29.6 Å². The first kappa shape index (κ1) is 22.8. The molecule has 1 atom stereocenters. The van der Waals surface area contributed by atoms with Crippen LogP contribution >= 0.6 is 0 Å². The van der Waals surface area contributed by atoms with E-state index in [1.807, 2.05) is 6.92 Å². The number of rotatable bonds is 7. The molecule has 2 rings (SSSR count). The molecule has 0 aromatic heterocycles. The van der Waals surface area contributed by atoms with Gasteiger partial charge in [0.25, 0.3) is 0 Å². The first-order chi connectivity index (χ1) is 13.4. The van der Waals surface area contributed by atoms with Crippen molar-refractivity contribution >= 4 is 12.3 Å². The monoisotopic (exact) mass is 398 g/mol.